The number of aromatic nitrogens is 9. The number of carbonyl (C=O) groups excluding carboxylic acids is 1. The second kappa shape index (κ2) is 16.1. The highest BCUT2D eigenvalue weighted by Crippen LogP contribution is 2.56. The van der Waals surface area contributed by atoms with Gasteiger partial charge in [0, 0.05) is 80.8 Å². The molecule has 8 aromatic rings. The van der Waals surface area contributed by atoms with Crippen molar-refractivity contribution in [3.05, 3.63) is 151 Å². The summed E-state index contributed by atoms with van der Waals surface area (Å²) in [5, 5.41) is 10.2. The average Bonchev–Trinajstić information content (AvgIpc) is 3.83. The van der Waals surface area contributed by atoms with Crippen LogP contribution in [0.5, 0.6) is 0 Å². The molecule has 1 saturated carbocycles. The largest absolute Gasteiger partial charge is 0.438 e. The third-order valence-electron chi connectivity index (χ3n) is 14.5. The molecule has 0 unspecified atom stereocenters. The Kier molecular flexibility index (Phi) is 10.3. The Morgan fingerprint density at radius 1 is 0.897 bits per heavy atom. The molecule has 68 heavy (non-hydrogen) atoms. The molecular weight excluding hydrogens is 866 g/mol. The number of ether oxygens (including phenoxy) is 1. The lowest BCUT2D eigenvalue weighted by Gasteiger charge is -2.34. The highest BCUT2D eigenvalue weighted by Gasteiger charge is 2.59. The van der Waals surface area contributed by atoms with E-state index in [1.54, 1.807) is 58.5 Å². The molecule has 0 spiro atoms. The van der Waals surface area contributed by atoms with Crippen LogP contribution in [-0.2, 0) is 16.7 Å². The van der Waals surface area contributed by atoms with Crippen molar-refractivity contribution in [1.82, 2.24) is 48.5 Å². The number of carbonyl (C=O) groups is 1. The van der Waals surface area contributed by atoms with Gasteiger partial charge in [0.25, 0.3) is 5.91 Å². The van der Waals surface area contributed by atoms with E-state index in [4.69, 9.17) is 14.4 Å². The number of halogens is 1. The van der Waals surface area contributed by atoms with Crippen LogP contribution in [0, 0.1) is 32.5 Å². The molecule has 17 heteroatoms. The molecule has 1 N–H and O–H groups in total. The van der Waals surface area contributed by atoms with E-state index in [-0.39, 0.29) is 23.3 Å². The summed E-state index contributed by atoms with van der Waals surface area (Å²) >= 11 is 0. The fourth-order valence-corrected chi connectivity index (χ4v) is 10.8. The number of hydrogen-bond acceptors (Lipinski definition) is 10. The van der Waals surface area contributed by atoms with E-state index in [0.29, 0.717) is 83.9 Å². The molecule has 7 heterocycles. The van der Waals surface area contributed by atoms with Crippen molar-refractivity contribution < 1.29 is 18.4 Å². The number of rotatable bonds is 9. The van der Waals surface area contributed by atoms with Crippen molar-refractivity contribution in [1.29, 1.82) is 0 Å². The Hall–Kier alpha value is -7.40. The van der Waals surface area contributed by atoms with Gasteiger partial charge >= 0.3 is 11.4 Å². The summed E-state index contributed by atoms with van der Waals surface area (Å²) in [6.45, 7) is 11.2. The van der Waals surface area contributed by atoms with E-state index in [0.717, 1.165) is 52.1 Å². The summed E-state index contributed by atoms with van der Waals surface area (Å²) in [5.41, 5.74) is 7.47. The van der Waals surface area contributed by atoms with E-state index in [2.05, 4.69) is 49.8 Å². The van der Waals surface area contributed by atoms with Crippen LogP contribution in [0.4, 0.5) is 10.2 Å². The number of imidazole rings is 1. The van der Waals surface area contributed by atoms with Crippen LogP contribution in [0.3, 0.4) is 0 Å². The lowest BCUT2D eigenvalue weighted by Crippen LogP contribution is -2.41. The molecule has 348 valence electrons. The number of hydrogen-bond donors (Lipinski definition) is 1. The van der Waals surface area contributed by atoms with E-state index < -0.39 is 17.3 Å². The SMILES string of the molecule is Cc1cc(-n2ccn(-c3c4c(nn3-c3cc(C)c(F)c(C)c3)CCN(C(=O)c3cc5cc(C6CCOCC6)ccc5n3[C@@]3(c5noc(=O)[nH]5)C[C@@H]3C)[C@H]4C)c2=O)ccc1-c1cc(N(C)C)ncn1. The second-order valence-electron chi connectivity index (χ2n) is 18.9. The molecule has 3 aliphatic rings. The third kappa shape index (κ3) is 6.84. The van der Waals surface area contributed by atoms with Crippen molar-refractivity contribution in [3.8, 4) is 28.5 Å². The predicted molar refractivity (Wildman–Crippen MR) is 254 cm³/mol. The number of aromatic amines is 1. The number of aryl methyl sites for hydroxylation is 3. The molecule has 1 saturated heterocycles. The zero-order valence-corrected chi connectivity index (χ0v) is 39.1. The van der Waals surface area contributed by atoms with E-state index in [1.807, 2.05) is 68.1 Å². The summed E-state index contributed by atoms with van der Waals surface area (Å²) in [4.78, 5) is 58.4. The van der Waals surface area contributed by atoms with Crippen LogP contribution < -0.4 is 16.3 Å². The molecule has 0 bridgehead atoms. The Morgan fingerprint density at radius 3 is 2.32 bits per heavy atom. The summed E-state index contributed by atoms with van der Waals surface area (Å²) in [6.07, 6.45) is 7.85. The number of fused-ring (bicyclic) bond motifs is 2. The zero-order chi connectivity index (χ0) is 47.3. The maximum Gasteiger partial charge on any atom is 0.438 e. The normalized spacial score (nSPS) is 19.4. The number of amides is 1. The predicted octanol–water partition coefficient (Wildman–Crippen LogP) is 7.47. The van der Waals surface area contributed by atoms with E-state index >= 15 is 9.18 Å². The van der Waals surface area contributed by atoms with Crippen LogP contribution >= 0.6 is 0 Å². The minimum absolute atomic E-state index is 0.0255. The van der Waals surface area contributed by atoms with Gasteiger partial charge in [0.2, 0.25) is 0 Å². The van der Waals surface area contributed by atoms with Crippen molar-refractivity contribution in [2.45, 2.75) is 77.8 Å². The fourth-order valence-electron chi connectivity index (χ4n) is 10.8. The molecule has 5 aromatic heterocycles. The molecule has 16 nitrogen and oxygen atoms in total. The van der Waals surface area contributed by atoms with Gasteiger partial charge in [-0.15, -0.1) is 0 Å². The van der Waals surface area contributed by atoms with Gasteiger partial charge in [-0.25, -0.2) is 28.6 Å². The van der Waals surface area contributed by atoms with Gasteiger partial charge in [-0.05, 0) is 124 Å². The Morgan fingerprint density at radius 2 is 1.63 bits per heavy atom. The topological polar surface area (TPSA) is 167 Å². The molecule has 11 rings (SSSR count). The lowest BCUT2D eigenvalue weighted by atomic mass is 9.91. The van der Waals surface area contributed by atoms with Gasteiger partial charge in [0.15, 0.2) is 5.82 Å². The fraction of sp³-hybridized carbons (Fsp3) is 0.353. The average molecular weight is 918 g/mol. The minimum atomic E-state index is -0.825. The Balaban J connectivity index is 1.03. The standard InChI is InChI=1S/C51H52FN11O5/c1-28-20-36(9-10-38(28)40-25-43(58(6)7)54-27-53-40)60-16-17-61(50(60)66)46-44-32(5)59(15-12-39(44)56-63(46)37-21-29(2)45(52)30(3)22-37)47(64)42-24-35-23-34(33-13-18-67-19-14-33)8-11-41(35)62(42)51(26-31(51)4)48-55-49(65)68-57-48/h8-11,16-17,20-25,27,31-33H,12-15,18-19,26H2,1-7H3,(H,55,57,65)/t31-,32-,51-/m0/s1. The monoisotopic (exact) mass is 917 g/mol. The van der Waals surface area contributed by atoms with Gasteiger partial charge in [-0.1, -0.05) is 24.2 Å². The summed E-state index contributed by atoms with van der Waals surface area (Å²) in [5.74, 6) is 0.783. The van der Waals surface area contributed by atoms with Crippen LogP contribution in [0.15, 0.2) is 93.5 Å². The smallest absolute Gasteiger partial charge is 0.381 e. The van der Waals surface area contributed by atoms with Gasteiger partial charge in [-0.3, -0.25) is 23.4 Å². The molecule has 3 atom stereocenters. The molecule has 3 aromatic carbocycles. The van der Waals surface area contributed by atoms with Crippen molar-refractivity contribution >= 4 is 22.6 Å². The number of nitrogens with zero attached hydrogens (tertiary/aromatic N) is 10. The number of benzene rings is 3. The van der Waals surface area contributed by atoms with Crippen molar-refractivity contribution in [2.75, 3.05) is 38.8 Å². The van der Waals surface area contributed by atoms with Crippen molar-refractivity contribution in [3.63, 3.8) is 0 Å². The Bertz CT molecular complexity index is 3420. The summed E-state index contributed by atoms with van der Waals surface area (Å²) in [7, 11) is 3.85. The lowest BCUT2D eigenvalue weighted by molar-refractivity contribution is 0.0663. The highest BCUT2D eigenvalue weighted by molar-refractivity contribution is 6.00. The maximum atomic E-state index is 15.6. The first-order valence-electron chi connectivity index (χ1n) is 23.1. The molecule has 2 aliphatic heterocycles. The zero-order valence-electron chi connectivity index (χ0n) is 39.1. The Labute approximate surface area is 390 Å². The number of H-pyrrole nitrogens is 1. The first-order valence-corrected chi connectivity index (χ1v) is 23.1. The molecule has 0 radical (unpaired) electrons. The van der Waals surface area contributed by atoms with Crippen LogP contribution in [0.1, 0.15) is 94.9 Å². The maximum absolute atomic E-state index is 15.6. The summed E-state index contributed by atoms with van der Waals surface area (Å²) < 4.78 is 32.9. The molecule has 2 fully saturated rings. The number of nitrogens with one attached hydrogen (secondary N) is 1. The third-order valence-corrected chi connectivity index (χ3v) is 14.5. The van der Waals surface area contributed by atoms with Crippen LogP contribution in [0.25, 0.3) is 39.4 Å². The van der Waals surface area contributed by atoms with Gasteiger partial charge in [0.05, 0.1) is 28.8 Å². The van der Waals surface area contributed by atoms with Gasteiger partial charge in [-0.2, -0.15) is 5.10 Å². The molecular formula is C51H52FN11O5. The van der Waals surface area contributed by atoms with Crippen molar-refractivity contribution in [2.24, 2.45) is 5.92 Å². The van der Waals surface area contributed by atoms with Gasteiger partial charge < -0.3 is 19.1 Å². The quantitative estimate of drug-likeness (QED) is 0.154. The van der Waals surface area contributed by atoms with Crippen LogP contribution in [0.2, 0.25) is 0 Å². The number of anilines is 1. The minimum Gasteiger partial charge on any atom is -0.381 e. The first-order chi connectivity index (χ1) is 32.7. The van der Waals surface area contributed by atoms with Gasteiger partial charge in [0.1, 0.15) is 35.0 Å². The molecule has 1 aliphatic carbocycles. The molecule has 1 amide bonds. The highest BCUT2D eigenvalue weighted by atomic mass is 19.1. The van der Waals surface area contributed by atoms with E-state index in [9.17, 15) is 9.59 Å². The van der Waals surface area contributed by atoms with E-state index in [1.165, 1.54) is 5.56 Å². The first kappa shape index (κ1) is 43.2. The van der Waals surface area contributed by atoms with Crippen LogP contribution in [-0.4, -0.2) is 88.3 Å². The summed E-state index contributed by atoms with van der Waals surface area (Å²) in [6, 6.07) is 19.0. The second-order valence-corrected chi connectivity index (χ2v) is 18.9.